The zero-order valence-corrected chi connectivity index (χ0v) is 37.7. The molecule has 0 aliphatic carbocycles. The van der Waals surface area contributed by atoms with E-state index < -0.39 is 51.3 Å². The summed E-state index contributed by atoms with van der Waals surface area (Å²) in [5.74, 6) is -1.81. The number of hydrogen-bond donors (Lipinski definition) is 0. The summed E-state index contributed by atoms with van der Waals surface area (Å²) >= 11 is 0. The summed E-state index contributed by atoms with van der Waals surface area (Å²) < 4.78 is 22.8. The monoisotopic (exact) mass is 834 g/mol. The topological polar surface area (TPSA) is 178 Å². The van der Waals surface area contributed by atoms with Gasteiger partial charge in [0.15, 0.2) is 0 Å². The van der Waals surface area contributed by atoms with Crippen LogP contribution in [0.15, 0.2) is 24.3 Å². The lowest BCUT2D eigenvalue weighted by Gasteiger charge is -2.37. The fraction of sp³-hybridized carbons (Fsp3) is 0.744. The number of benzene rings is 1. The van der Waals surface area contributed by atoms with E-state index in [9.17, 15) is 34.1 Å². The number of Topliss-reactive ketones (excluding diaryl/α,β-unsaturated/α-hetero) is 1. The third kappa shape index (κ3) is 23.4. The lowest BCUT2D eigenvalue weighted by Crippen LogP contribution is -2.51. The van der Waals surface area contributed by atoms with E-state index in [-0.39, 0.29) is 63.0 Å². The van der Waals surface area contributed by atoms with Gasteiger partial charge in [-0.25, -0.2) is 0 Å². The quantitative estimate of drug-likeness (QED) is 0.108. The van der Waals surface area contributed by atoms with Crippen molar-refractivity contribution in [3.8, 4) is 0 Å². The van der Waals surface area contributed by atoms with Crippen LogP contribution in [0, 0.1) is 10.1 Å². The first-order valence-electron chi connectivity index (χ1n) is 20.6. The molecule has 0 N–H and O–H groups in total. The highest BCUT2D eigenvalue weighted by molar-refractivity contribution is 5.81. The minimum atomic E-state index is -0.763. The molecule has 0 bridgehead atoms. The number of ether oxygens (including phenoxy) is 4. The van der Waals surface area contributed by atoms with Crippen molar-refractivity contribution in [3.63, 3.8) is 0 Å². The molecule has 1 aromatic rings. The summed E-state index contributed by atoms with van der Waals surface area (Å²) in [6, 6.07) is 5.40. The molecule has 16 nitrogen and oxygen atoms in total. The summed E-state index contributed by atoms with van der Waals surface area (Å²) in [7, 11) is 0. The van der Waals surface area contributed by atoms with Gasteiger partial charge in [-0.2, -0.15) is 0 Å². The van der Waals surface area contributed by atoms with Crippen LogP contribution >= 0.6 is 0 Å². The molecule has 1 fully saturated rings. The summed E-state index contributed by atoms with van der Waals surface area (Å²) in [6.07, 6.45) is 1.05. The first-order chi connectivity index (χ1) is 27.1. The Morgan fingerprint density at radius 3 is 1.41 bits per heavy atom. The second kappa shape index (κ2) is 22.6. The van der Waals surface area contributed by atoms with Crippen LogP contribution in [0.1, 0.15) is 108 Å². The van der Waals surface area contributed by atoms with Gasteiger partial charge in [0.25, 0.3) is 5.69 Å². The lowest BCUT2D eigenvalue weighted by atomic mass is 10.0. The van der Waals surface area contributed by atoms with E-state index in [0.29, 0.717) is 57.7 Å². The number of hydrogen-bond acceptors (Lipinski definition) is 15. The second-order valence-electron chi connectivity index (χ2n) is 19.3. The minimum absolute atomic E-state index is 0.00717. The van der Waals surface area contributed by atoms with Gasteiger partial charge in [0.05, 0.1) is 31.1 Å². The molecule has 0 radical (unpaired) electrons. The molecule has 1 aromatic carbocycles. The average molecular weight is 834 g/mol. The van der Waals surface area contributed by atoms with Gasteiger partial charge in [-0.1, -0.05) is 12.1 Å². The Hall–Kier alpha value is -3.99. The van der Waals surface area contributed by atoms with Crippen molar-refractivity contribution in [1.29, 1.82) is 0 Å². The molecule has 0 saturated carbocycles. The highest BCUT2D eigenvalue weighted by Crippen LogP contribution is 2.19. The molecule has 334 valence electrons. The maximum atomic E-state index is 13.5. The van der Waals surface area contributed by atoms with Gasteiger partial charge in [0, 0.05) is 76.8 Å². The average Bonchev–Trinajstić information content (AvgIpc) is 3.04. The standard InChI is InChI=1S/C43H71N5O11/c1-40(2,3)56-36(50)28-44-20-13-21-45(29-37(51)57-41(4,5)6)24-25-47(31-39(53)59-43(10,11)12)34(27-46(23-22-44)30-38(52)58-42(7,8)9)18-19-35(49)26-32-14-16-33(17-15-32)48(54)55/h14-17,34H,13,18-31H2,1-12H3. The number of esters is 4. The first kappa shape index (κ1) is 51.2. The normalized spacial score (nSPS) is 17.8. The summed E-state index contributed by atoms with van der Waals surface area (Å²) in [5.41, 5.74) is -2.32. The summed E-state index contributed by atoms with van der Waals surface area (Å²) in [5, 5.41) is 11.2. The third-order valence-corrected chi connectivity index (χ3v) is 8.75. The smallest absolute Gasteiger partial charge is 0.320 e. The molecule has 0 spiro atoms. The van der Waals surface area contributed by atoms with Crippen LogP contribution in [0.3, 0.4) is 0 Å². The second-order valence-corrected chi connectivity index (χ2v) is 19.3. The van der Waals surface area contributed by atoms with E-state index in [2.05, 4.69) is 0 Å². The molecular weight excluding hydrogens is 762 g/mol. The van der Waals surface area contributed by atoms with Crippen molar-refractivity contribution in [1.82, 2.24) is 19.6 Å². The predicted octanol–water partition coefficient (Wildman–Crippen LogP) is 4.83. The Morgan fingerprint density at radius 2 is 0.983 bits per heavy atom. The van der Waals surface area contributed by atoms with E-state index >= 15 is 0 Å². The molecule has 1 heterocycles. The van der Waals surface area contributed by atoms with E-state index in [1.54, 1.807) is 74.4 Å². The largest absolute Gasteiger partial charge is 0.459 e. The summed E-state index contributed by atoms with van der Waals surface area (Å²) in [6.45, 7) is 24.0. The van der Waals surface area contributed by atoms with Gasteiger partial charge in [0.1, 0.15) is 28.2 Å². The van der Waals surface area contributed by atoms with E-state index in [4.69, 9.17) is 18.9 Å². The fourth-order valence-corrected chi connectivity index (χ4v) is 6.51. The van der Waals surface area contributed by atoms with Gasteiger partial charge < -0.3 is 18.9 Å². The molecule has 1 saturated heterocycles. The van der Waals surface area contributed by atoms with Crippen molar-refractivity contribution in [2.24, 2.45) is 0 Å². The van der Waals surface area contributed by atoms with Crippen LogP contribution in [-0.2, 0) is 49.3 Å². The molecule has 1 aliphatic heterocycles. The zero-order chi connectivity index (χ0) is 44.8. The Morgan fingerprint density at radius 1 is 0.593 bits per heavy atom. The zero-order valence-electron chi connectivity index (χ0n) is 37.7. The van der Waals surface area contributed by atoms with Crippen molar-refractivity contribution in [2.45, 2.75) is 137 Å². The molecule has 0 aromatic heterocycles. The molecule has 2 rings (SSSR count). The Balaban J connectivity index is 2.59. The molecule has 1 unspecified atom stereocenters. The van der Waals surface area contributed by atoms with Gasteiger partial charge in [-0.15, -0.1) is 0 Å². The maximum absolute atomic E-state index is 13.5. The summed E-state index contributed by atoms with van der Waals surface area (Å²) in [4.78, 5) is 85.2. The molecule has 59 heavy (non-hydrogen) atoms. The SMILES string of the molecule is CC(C)(C)OC(=O)CN1CCCN(CC(=O)OC(C)(C)C)CCN(CC(=O)OC(C)(C)C)C(CCC(=O)Cc2ccc([N+](=O)[O-])cc2)CN(CC(=O)OC(C)(C)C)CC1. The molecule has 1 aliphatic rings. The van der Waals surface area contributed by atoms with Crippen LogP contribution in [-0.4, -0.2) is 155 Å². The first-order valence-corrected chi connectivity index (χ1v) is 20.6. The van der Waals surface area contributed by atoms with Crippen LogP contribution < -0.4 is 0 Å². The Bertz CT molecular complexity index is 1560. The number of rotatable bonds is 14. The number of ketones is 1. The molecule has 16 heteroatoms. The lowest BCUT2D eigenvalue weighted by molar-refractivity contribution is -0.384. The number of nitrogens with zero attached hydrogens (tertiary/aromatic N) is 5. The number of carbonyl (C=O) groups excluding carboxylic acids is 5. The van der Waals surface area contributed by atoms with Gasteiger partial charge in [-0.3, -0.25) is 53.7 Å². The van der Waals surface area contributed by atoms with Crippen molar-refractivity contribution in [3.05, 3.63) is 39.9 Å². The number of carbonyl (C=O) groups is 5. The Labute approximate surface area is 351 Å². The van der Waals surface area contributed by atoms with Gasteiger partial charge in [0.2, 0.25) is 0 Å². The number of nitro groups is 1. The van der Waals surface area contributed by atoms with E-state index in [1.165, 1.54) is 12.1 Å². The van der Waals surface area contributed by atoms with Crippen molar-refractivity contribution >= 4 is 35.3 Å². The maximum Gasteiger partial charge on any atom is 0.320 e. The number of nitro benzene ring substituents is 1. The van der Waals surface area contributed by atoms with Crippen molar-refractivity contribution < 1.29 is 47.8 Å². The Kier molecular flexibility index (Phi) is 19.6. The molecule has 0 amide bonds. The fourth-order valence-electron chi connectivity index (χ4n) is 6.51. The molecular formula is C43H71N5O11. The minimum Gasteiger partial charge on any atom is -0.459 e. The van der Waals surface area contributed by atoms with E-state index in [0.717, 1.165) is 0 Å². The highest BCUT2D eigenvalue weighted by Gasteiger charge is 2.31. The number of non-ortho nitro benzene ring substituents is 1. The van der Waals surface area contributed by atoms with Crippen molar-refractivity contribution in [2.75, 3.05) is 72.0 Å². The predicted molar refractivity (Wildman–Crippen MR) is 224 cm³/mol. The van der Waals surface area contributed by atoms with Gasteiger partial charge in [-0.05, 0) is 101 Å². The highest BCUT2D eigenvalue weighted by atomic mass is 16.6. The van der Waals surface area contributed by atoms with Crippen LogP contribution in [0.4, 0.5) is 5.69 Å². The third-order valence-electron chi connectivity index (χ3n) is 8.75. The van der Waals surface area contributed by atoms with Crippen LogP contribution in [0.2, 0.25) is 0 Å². The van der Waals surface area contributed by atoms with Gasteiger partial charge >= 0.3 is 23.9 Å². The van der Waals surface area contributed by atoms with Crippen LogP contribution in [0.5, 0.6) is 0 Å². The van der Waals surface area contributed by atoms with Crippen LogP contribution in [0.25, 0.3) is 0 Å². The van der Waals surface area contributed by atoms with E-state index in [1.807, 2.05) is 40.4 Å². The molecule has 1 atom stereocenters.